The second-order valence-corrected chi connectivity index (χ2v) is 16.2. The minimum Gasteiger partial charge on any atom is -0.467 e. The van der Waals surface area contributed by atoms with Crippen LogP contribution in [0.5, 0.6) is 0 Å². The lowest BCUT2D eigenvalue weighted by Gasteiger charge is -2.34. The van der Waals surface area contributed by atoms with E-state index in [-0.39, 0.29) is 41.9 Å². The SMILES string of the molecule is CCN(C)C(C(=O)NC(Cc1cccc(-c2ccc3c(c2)c(CC(C)(C)COC=O)c(-c2cccnc2C(C)OC)n3CC)c1)C(=O)N1CCCCN1)C(C)C. The topological polar surface area (TPSA) is 118 Å². The van der Waals surface area contributed by atoms with Crippen LogP contribution in [0.1, 0.15) is 84.2 Å². The fourth-order valence-electron chi connectivity index (χ4n) is 8.11. The summed E-state index contributed by atoms with van der Waals surface area (Å²) in [5.41, 5.74) is 11.1. The number of carbonyl (C=O) groups is 3. The number of likely N-dealkylation sites (N-methyl/N-ethyl adjacent to an activating group) is 1. The number of fused-ring (bicyclic) bond motifs is 1. The monoisotopic (exact) mass is 766 g/mol. The number of carbonyl (C=O) groups excluding carboxylic acids is 3. The van der Waals surface area contributed by atoms with E-state index >= 15 is 0 Å². The molecule has 0 aliphatic carbocycles. The molecule has 0 saturated carbocycles. The molecule has 0 bridgehead atoms. The van der Waals surface area contributed by atoms with Crippen LogP contribution >= 0.6 is 0 Å². The van der Waals surface area contributed by atoms with E-state index in [0.29, 0.717) is 25.9 Å². The maximum Gasteiger partial charge on any atom is 0.293 e. The van der Waals surface area contributed by atoms with Gasteiger partial charge < -0.3 is 19.4 Å². The summed E-state index contributed by atoms with van der Waals surface area (Å²) in [4.78, 5) is 46.0. The first-order chi connectivity index (χ1) is 26.8. The molecule has 11 nitrogen and oxygen atoms in total. The predicted octanol–water partition coefficient (Wildman–Crippen LogP) is 6.97. The second-order valence-electron chi connectivity index (χ2n) is 16.2. The molecule has 11 heteroatoms. The van der Waals surface area contributed by atoms with Crippen LogP contribution in [0.3, 0.4) is 0 Å². The average Bonchev–Trinajstić information content (AvgIpc) is 3.50. The Morgan fingerprint density at radius 2 is 1.82 bits per heavy atom. The van der Waals surface area contributed by atoms with Gasteiger partial charge in [-0.3, -0.25) is 29.3 Å². The van der Waals surface area contributed by atoms with Gasteiger partial charge in [-0.1, -0.05) is 65.0 Å². The molecular weight excluding hydrogens is 705 g/mol. The number of benzene rings is 2. The van der Waals surface area contributed by atoms with Gasteiger partial charge in [0.2, 0.25) is 5.91 Å². The molecule has 1 fully saturated rings. The zero-order valence-electron chi connectivity index (χ0n) is 34.9. The van der Waals surface area contributed by atoms with E-state index in [1.165, 1.54) is 0 Å². The van der Waals surface area contributed by atoms with Crippen LogP contribution in [0.15, 0.2) is 60.8 Å². The number of hydrazine groups is 1. The minimum absolute atomic E-state index is 0.0753. The molecule has 2 aromatic carbocycles. The number of nitrogens with one attached hydrogen (secondary N) is 2. The predicted molar refractivity (Wildman–Crippen MR) is 223 cm³/mol. The molecule has 1 aliphatic rings. The summed E-state index contributed by atoms with van der Waals surface area (Å²) in [5.74, 6) is -0.183. The Hall–Kier alpha value is -4.58. The zero-order valence-corrected chi connectivity index (χ0v) is 34.9. The largest absolute Gasteiger partial charge is 0.467 e. The highest BCUT2D eigenvalue weighted by molar-refractivity contribution is 5.95. The Morgan fingerprint density at radius 1 is 1.05 bits per heavy atom. The Labute approximate surface area is 333 Å². The highest BCUT2D eigenvalue weighted by Crippen LogP contribution is 2.41. The van der Waals surface area contributed by atoms with Crippen molar-refractivity contribution in [3.8, 4) is 22.4 Å². The van der Waals surface area contributed by atoms with Gasteiger partial charge in [-0.05, 0) is 99.1 Å². The maximum absolute atomic E-state index is 14.0. The van der Waals surface area contributed by atoms with E-state index in [9.17, 15) is 14.4 Å². The van der Waals surface area contributed by atoms with E-state index in [0.717, 1.165) is 82.6 Å². The molecule has 1 aliphatic heterocycles. The van der Waals surface area contributed by atoms with Crippen LogP contribution in [0.25, 0.3) is 33.3 Å². The summed E-state index contributed by atoms with van der Waals surface area (Å²) in [6.07, 6.45) is 4.52. The van der Waals surface area contributed by atoms with Crippen molar-refractivity contribution in [1.29, 1.82) is 0 Å². The summed E-state index contributed by atoms with van der Waals surface area (Å²) < 4.78 is 13.4. The molecule has 4 aromatic rings. The summed E-state index contributed by atoms with van der Waals surface area (Å²) >= 11 is 0. The molecule has 0 radical (unpaired) electrons. The van der Waals surface area contributed by atoms with Crippen LogP contribution < -0.4 is 10.7 Å². The van der Waals surface area contributed by atoms with Crippen molar-refractivity contribution in [2.24, 2.45) is 11.3 Å². The van der Waals surface area contributed by atoms with Gasteiger partial charge in [0.1, 0.15) is 6.04 Å². The maximum atomic E-state index is 14.0. The fourth-order valence-corrected chi connectivity index (χ4v) is 8.11. The molecule has 5 rings (SSSR count). The summed E-state index contributed by atoms with van der Waals surface area (Å²) in [7, 11) is 3.65. The van der Waals surface area contributed by atoms with Crippen LogP contribution in [0, 0.1) is 11.3 Å². The molecule has 1 saturated heterocycles. The highest BCUT2D eigenvalue weighted by Gasteiger charge is 2.33. The normalized spacial score (nSPS) is 15.2. The molecule has 3 heterocycles. The fraction of sp³-hybridized carbons (Fsp3) is 0.511. The quantitative estimate of drug-likeness (QED) is 0.104. The van der Waals surface area contributed by atoms with E-state index in [4.69, 9.17) is 14.5 Å². The molecule has 2 amide bonds. The van der Waals surface area contributed by atoms with Crippen LogP contribution in [-0.2, 0) is 43.2 Å². The molecule has 0 spiro atoms. The van der Waals surface area contributed by atoms with Gasteiger partial charge >= 0.3 is 0 Å². The standard InChI is InChI=1S/C45H62N6O5/c1-10-49(8)41(30(3)4)43(53)48-38(44(54)51-23-13-12-22-47-51)25-32-16-14-17-33(24-32)34-19-20-39-36(26-34)37(27-45(6,7)28-56-29-52)42(50(39)11-2)35-18-15-21-46-40(35)31(5)55-9/h14-21,24,26,29-31,38,41,47H,10-13,22-23,25,27-28H2,1-9H3,(H,48,53). The lowest BCUT2D eigenvalue weighted by atomic mass is 9.84. The number of aryl methyl sites for hydroxylation is 1. The van der Waals surface area contributed by atoms with E-state index in [1.54, 1.807) is 18.3 Å². The third-order valence-corrected chi connectivity index (χ3v) is 11.1. The molecule has 3 atom stereocenters. The van der Waals surface area contributed by atoms with Crippen LogP contribution in [0.2, 0.25) is 0 Å². The van der Waals surface area contributed by atoms with Crippen molar-refractivity contribution in [3.63, 3.8) is 0 Å². The summed E-state index contributed by atoms with van der Waals surface area (Å²) in [6.45, 7) is 18.1. The van der Waals surface area contributed by atoms with Crippen LogP contribution in [0.4, 0.5) is 0 Å². The van der Waals surface area contributed by atoms with Crippen molar-refractivity contribution < 1.29 is 23.9 Å². The number of ether oxygens (including phenoxy) is 2. The number of amides is 2. The van der Waals surface area contributed by atoms with Gasteiger partial charge in [0, 0.05) is 61.2 Å². The summed E-state index contributed by atoms with van der Waals surface area (Å²) in [5, 5.41) is 5.97. The van der Waals surface area contributed by atoms with Crippen molar-refractivity contribution >= 4 is 29.2 Å². The Morgan fingerprint density at radius 3 is 2.48 bits per heavy atom. The highest BCUT2D eigenvalue weighted by atomic mass is 16.5. The first-order valence-electron chi connectivity index (χ1n) is 20.2. The van der Waals surface area contributed by atoms with Gasteiger partial charge in [0.15, 0.2) is 0 Å². The van der Waals surface area contributed by atoms with E-state index in [2.05, 4.69) is 72.5 Å². The molecule has 56 heavy (non-hydrogen) atoms. The third-order valence-electron chi connectivity index (χ3n) is 11.1. The molecule has 302 valence electrons. The molecular formula is C45H62N6O5. The molecule has 3 unspecified atom stereocenters. The number of rotatable bonds is 18. The number of pyridine rings is 1. The van der Waals surface area contributed by atoms with Crippen molar-refractivity contribution in [2.75, 3.05) is 40.4 Å². The lowest BCUT2D eigenvalue weighted by Crippen LogP contribution is -2.59. The Balaban J connectivity index is 1.59. The average molecular weight is 767 g/mol. The number of hydrogen-bond donors (Lipinski definition) is 2. The Bertz CT molecular complexity index is 1970. The van der Waals surface area contributed by atoms with E-state index < -0.39 is 6.04 Å². The van der Waals surface area contributed by atoms with Crippen molar-refractivity contribution in [2.45, 2.75) is 98.9 Å². The Kier molecular flexibility index (Phi) is 14.5. The van der Waals surface area contributed by atoms with Crippen molar-refractivity contribution in [1.82, 2.24) is 30.2 Å². The third kappa shape index (κ3) is 9.68. The first-order valence-corrected chi connectivity index (χ1v) is 20.2. The second kappa shape index (κ2) is 19.0. The van der Waals surface area contributed by atoms with Crippen LogP contribution in [-0.4, -0.2) is 90.2 Å². The number of aromatic nitrogens is 2. The van der Waals surface area contributed by atoms with Crippen molar-refractivity contribution in [3.05, 3.63) is 77.6 Å². The molecule has 2 aromatic heterocycles. The van der Waals surface area contributed by atoms with Gasteiger partial charge in [-0.2, -0.15) is 0 Å². The number of nitrogens with zero attached hydrogens (tertiary/aromatic N) is 4. The summed E-state index contributed by atoms with van der Waals surface area (Å²) in [6, 6.07) is 17.9. The van der Waals surface area contributed by atoms with Gasteiger partial charge in [0.05, 0.1) is 30.1 Å². The van der Waals surface area contributed by atoms with Gasteiger partial charge in [-0.15, -0.1) is 0 Å². The number of methoxy groups -OCH3 is 1. The zero-order chi connectivity index (χ0) is 40.6. The minimum atomic E-state index is -0.732. The van der Waals surface area contributed by atoms with Gasteiger partial charge in [0.25, 0.3) is 12.4 Å². The van der Waals surface area contributed by atoms with E-state index in [1.807, 2.05) is 57.8 Å². The first kappa shape index (κ1) is 42.6. The number of hydrogen-bond acceptors (Lipinski definition) is 8. The molecule has 2 N–H and O–H groups in total. The smallest absolute Gasteiger partial charge is 0.293 e. The lowest BCUT2D eigenvalue weighted by molar-refractivity contribution is -0.141. The van der Waals surface area contributed by atoms with Gasteiger partial charge in [-0.25, -0.2) is 5.43 Å².